The second kappa shape index (κ2) is 5.64. The molecule has 0 radical (unpaired) electrons. The highest BCUT2D eigenvalue weighted by atomic mass is 35.5. The number of benzene rings is 1. The predicted molar refractivity (Wildman–Crippen MR) is 82.6 cm³/mol. The lowest BCUT2D eigenvalue weighted by Gasteiger charge is -2.15. The van der Waals surface area contributed by atoms with Gasteiger partial charge < -0.3 is 11.1 Å². The van der Waals surface area contributed by atoms with Gasteiger partial charge >= 0.3 is 0 Å². The standard InChI is InChI=1S/C12H15ClN2O2S2/c13-9-4-1-5-10(11(9)12(14)18)15-7-8-3-2-6-19(8,16)17/h1,4-5,8,15H,2-3,6-7H2,(H2,14,18). The number of rotatable bonds is 4. The lowest BCUT2D eigenvalue weighted by molar-refractivity contribution is 0.591. The Morgan fingerprint density at radius 2 is 2.26 bits per heavy atom. The van der Waals surface area contributed by atoms with Crippen LogP contribution in [0.5, 0.6) is 0 Å². The molecule has 0 saturated carbocycles. The summed E-state index contributed by atoms with van der Waals surface area (Å²) in [4.78, 5) is 0.197. The van der Waals surface area contributed by atoms with E-state index in [0.717, 1.165) is 6.42 Å². The van der Waals surface area contributed by atoms with Gasteiger partial charge in [-0.25, -0.2) is 8.42 Å². The molecular formula is C12H15ClN2O2S2. The quantitative estimate of drug-likeness (QED) is 0.830. The van der Waals surface area contributed by atoms with E-state index in [9.17, 15) is 8.42 Å². The lowest BCUT2D eigenvalue weighted by atomic mass is 10.1. The summed E-state index contributed by atoms with van der Waals surface area (Å²) in [6.07, 6.45) is 1.42. The van der Waals surface area contributed by atoms with Crippen LogP contribution in [-0.2, 0) is 9.84 Å². The SMILES string of the molecule is NC(=S)c1c(Cl)cccc1NCC1CCCS1(=O)=O. The van der Waals surface area contributed by atoms with E-state index in [4.69, 9.17) is 29.6 Å². The Labute approximate surface area is 123 Å². The van der Waals surface area contributed by atoms with Gasteiger partial charge in [0.2, 0.25) is 0 Å². The predicted octanol–water partition coefficient (Wildman–Crippen LogP) is 1.96. The van der Waals surface area contributed by atoms with Crippen molar-refractivity contribution >= 4 is 44.3 Å². The van der Waals surface area contributed by atoms with E-state index in [2.05, 4.69) is 5.32 Å². The van der Waals surface area contributed by atoms with Crippen LogP contribution in [0.2, 0.25) is 5.02 Å². The summed E-state index contributed by atoms with van der Waals surface area (Å²) < 4.78 is 23.5. The number of hydrogen-bond acceptors (Lipinski definition) is 4. The number of nitrogens with two attached hydrogens (primary N) is 1. The third-order valence-electron chi connectivity index (χ3n) is 3.24. The highest BCUT2D eigenvalue weighted by molar-refractivity contribution is 7.92. The fraction of sp³-hybridized carbons (Fsp3) is 0.417. The number of sulfone groups is 1. The van der Waals surface area contributed by atoms with Crippen molar-refractivity contribution < 1.29 is 8.42 Å². The van der Waals surface area contributed by atoms with Crippen LogP contribution in [0.1, 0.15) is 18.4 Å². The maximum Gasteiger partial charge on any atom is 0.154 e. The van der Waals surface area contributed by atoms with Gasteiger partial charge in [-0.05, 0) is 25.0 Å². The maximum atomic E-state index is 11.8. The second-order valence-corrected chi connectivity index (χ2v) is 7.79. The summed E-state index contributed by atoms with van der Waals surface area (Å²) in [5.74, 6) is 0.275. The Morgan fingerprint density at radius 1 is 1.53 bits per heavy atom. The van der Waals surface area contributed by atoms with Crippen molar-refractivity contribution in [1.29, 1.82) is 0 Å². The molecule has 7 heteroatoms. The normalized spacial score (nSPS) is 21.2. The van der Waals surface area contributed by atoms with Crippen molar-refractivity contribution in [2.75, 3.05) is 17.6 Å². The minimum Gasteiger partial charge on any atom is -0.389 e. The fourth-order valence-electron chi connectivity index (χ4n) is 2.23. The van der Waals surface area contributed by atoms with Gasteiger partial charge in [-0.1, -0.05) is 29.9 Å². The summed E-state index contributed by atoms with van der Waals surface area (Å²) in [5, 5.41) is 3.22. The first-order chi connectivity index (χ1) is 8.92. The molecule has 1 atom stereocenters. The molecule has 1 saturated heterocycles. The van der Waals surface area contributed by atoms with Gasteiger partial charge in [-0.3, -0.25) is 0 Å². The van der Waals surface area contributed by atoms with Gasteiger partial charge in [0, 0.05) is 12.2 Å². The van der Waals surface area contributed by atoms with E-state index < -0.39 is 9.84 Å². The van der Waals surface area contributed by atoms with Crippen molar-refractivity contribution in [2.24, 2.45) is 5.73 Å². The summed E-state index contributed by atoms with van der Waals surface area (Å²) in [6, 6.07) is 5.27. The van der Waals surface area contributed by atoms with E-state index in [-0.39, 0.29) is 16.0 Å². The van der Waals surface area contributed by atoms with Crippen molar-refractivity contribution in [3.05, 3.63) is 28.8 Å². The minimum absolute atomic E-state index is 0.197. The first-order valence-electron chi connectivity index (χ1n) is 5.95. The molecule has 1 aromatic rings. The Hall–Kier alpha value is -0.850. The molecule has 0 aromatic heterocycles. The van der Waals surface area contributed by atoms with E-state index >= 15 is 0 Å². The Balaban J connectivity index is 2.16. The third kappa shape index (κ3) is 3.19. The Kier molecular flexibility index (Phi) is 4.32. The number of thiocarbonyl (C=S) groups is 1. The van der Waals surface area contributed by atoms with Crippen molar-refractivity contribution in [1.82, 2.24) is 0 Å². The van der Waals surface area contributed by atoms with E-state index in [1.54, 1.807) is 18.2 Å². The molecular weight excluding hydrogens is 304 g/mol. The van der Waals surface area contributed by atoms with Gasteiger partial charge in [0.15, 0.2) is 9.84 Å². The summed E-state index contributed by atoms with van der Waals surface area (Å²) in [5.41, 5.74) is 6.89. The van der Waals surface area contributed by atoms with Crippen molar-refractivity contribution in [3.8, 4) is 0 Å². The number of hydrogen-bond donors (Lipinski definition) is 2. The van der Waals surface area contributed by atoms with E-state index in [1.165, 1.54) is 0 Å². The number of anilines is 1. The summed E-state index contributed by atoms with van der Waals surface area (Å²) in [7, 11) is -2.96. The van der Waals surface area contributed by atoms with Gasteiger partial charge in [-0.15, -0.1) is 0 Å². The molecule has 4 nitrogen and oxygen atoms in total. The van der Waals surface area contributed by atoms with Gasteiger partial charge in [0.25, 0.3) is 0 Å². The van der Waals surface area contributed by atoms with E-state index in [0.29, 0.717) is 29.2 Å². The summed E-state index contributed by atoms with van der Waals surface area (Å²) in [6.45, 7) is 0.359. The van der Waals surface area contributed by atoms with Crippen LogP contribution in [0.25, 0.3) is 0 Å². The van der Waals surface area contributed by atoms with Crippen LogP contribution >= 0.6 is 23.8 Å². The second-order valence-electron chi connectivity index (χ2n) is 4.54. The van der Waals surface area contributed by atoms with E-state index in [1.807, 2.05) is 0 Å². The Bertz CT molecular complexity index is 602. The highest BCUT2D eigenvalue weighted by Gasteiger charge is 2.31. The Morgan fingerprint density at radius 3 is 2.84 bits per heavy atom. The molecule has 2 rings (SSSR count). The zero-order chi connectivity index (χ0) is 14.0. The molecule has 19 heavy (non-hydrogen) atoms. The molecule has 1 fully saturated rings. The molecule has 0 aliphatic carbocycles. The van der Waals surface area contributed by atoms with Gasteiger partial charge in [-0.2, -0.15) is 0 Å². The lowest BCUT2D eigenvalue weighted by Crippen LogP contribution is -2.26. The smallest absolute Gasteiger partial charge is 0.154 e. The van der Waals surface area contributed by atoms with Crippen LogP contribution in [0.4, 0.5) is 5.69 Å². The molecule has 1 unspecified atom stereocenters. The zero-order valence-electron chi connectivity index (χ0n) is 10.2. The van der Waals surface area contributed by atoms with Crippen LogP contribution in [-0.4, -0.2) is 31.0 Å². The van der Waals surface area contributed by atoms with Gasteiger partial charge in [0.1, 0.15) is 4.99 Å². The van der Waals surface area contributed by atoms with Crippen molar-refractivity contribution in [3.63, 3.8) is 0 Å². The van der Waals surface area contributed by atoms with Gasteiger partial charge in [0.05, 0.1) is 21.6 Å². The molecule has 1 aliphatic rings. The molecule has 1 aliphatic heterocycles. The first kappa shape index (κ1) is 14.6. The first-order valence-corrected chi connectivity index (χ1v) is 8.46. The largest absolute Gasteiger partial charge is 0.389 e. The minimum atomic E-state index is -2.96. The molecule has 104 valence electrons. The summed E-state index contributed by atoms with van der Waals surface area (Å²) >= 11 is 11.0. The molecule has 0 bridgehead atoms. The topological polar surface area (TPSA) is 72.2 Å². The molecule has 1 aromatic carbocycles. The average molecular weight is 319 g/mol. The van der Waals surface area contributed by atoms with Crippen LogP contribution in [0, 0.1) is 0 Å². The molecule has 0 amide bonds. The monoisotopic (exact) mass is 318 g/mol. The average Bonchev–Trinajstić information content (AvgIpc) is 2.65. The number of nitrogens with one attached hydrogen (secondary N) is 1. The maximum absolute atomic E-state index is 11.8. The number of halogens is 1. The van der Waals surface area contributed by atoms with Crippen molar-refractivity contribution in [2.45, 2.75) is 18.1 Å². The zero-order valence-corrected chi connectivity index (χ0v) is 12.6. The fourth-order valence-corrected chi connectivity index (χ4v) is 4.55. The highest BCUT2D eigenvalue weighted by Crippen LogP contribution is 2.26. The molecule has 3 N–H and O–H groups in total. The van der Waals surface area contributed by atoms with Crippen LogP contribution in [0.15, 0.2) is 18.2 Å². The van der Waals surface area contributed by atoms with Crippen LogP contribution in [0.3, 0.4) is 0 Å². The molecule has 1 heterocycles. The third-order valence-corrected chi connectivity index (χ3v) is 6.04. The molecule has 0 spiro atoms. The van der Waals surface area contributed by atoms with Crippen LogP contribution < -0.4 is 11.1 Å².